The molecule has 0 bridgehead atoms. The third kappa shape index (κ3) is 3.02. The van der Waals surface area contributed by atoms with Gasteiger partial charge >= 0.3 is 6.03 Å². The van der Waals surface area contributed by atoms with Crippen molar-refractivity contribution in [1.82, 2.24) is 9.88 Å². The lowest BCUT2D eigenvalue weighted by Crippen LogP contribution is -2.44. The van der Waals surface area contributed by atoms with Crippen molar-refractivity contribution < 1.29 is 14.3 Å². The monoisotopic (exact) mass is 451 g/mol. The van der Waals surface area contributed by atoms with Gasteiger partial charge in [-0.25, -0.2) is 9.69 Å². The molecule has 1 saturated heterocycles. The maximum Gasteiger partial charge on any atom is 0.332 e. The van der Waals surface area contributed by atoms with Crippen molar-refractivity contribution in [3.8, 4) is 5.75 Å². The second kappa shape index (κ2) is 7.76. The zero-order chi connectivity index (χ0) is 23.4. The Labute approximate surface area is 197 Å². The molecule has 170 valence electrons. The number of aromatic nitrogens is 1. The third-order valence-corrected chi connectivity index (χ3v) is 6.81. The van der Waals surface area contributed by atoms with Crippen molar-refractivity contribution in [2.45, 2.75) is 32.4 Å². The summed E-state index contributed by atoms with van der Waals surface area (Å²) in [6.07, 6.45) is 0.486. The molecule has 6 nitrogen and oxygen atoms in total. The molecule has 4 aromatic rings. The van der Waals surface area contributed by atoms with Crippen LogP contribution in [0, 0.1) is 6.92 Å². The number of imide groups is 1. The molecule has 34 heavy (non-hydrogen) atoms. The minimum Gasteiger partial charge on any atom is -0.494 e. The first-order valence-electron chi connectivity index (χ1n) is 11.6. The van der Waals surface area contributed by atoms with Crippen LogP contribution in [0.2, 0.25) is 0 Å². The number of rotatable bonds is 4. The Kier molecular flexibility index (Phi) is 4.69. The first-order valence-corrected chi connectivity index (χ1v) is 11.6. The number of anilines is 1. The fourth-order valence-electron chi connectivity index (χ4n) is 5.36. The number of carbonyl (C=O) groups excluding carboxylic acids is 2. The average molecular weight is 452 g/mol. The Morgan fingerprint density at radius 3 is 2.56 bits per heavy atom. The summed E-state index contributed by atoms with van der Waals surface area (Å²) < 4.78 is 5.53. The van der Waals surface area contributed by atoms with E-state index in [1.54, 1.807) is 29.2 Å². The number of carbonyl (C=O) groups is 2. The van der Waals surface area contributed by atoms with E-state index >= 15 is 0 Å². The van der Waals surface area contributed by atoms with E-state index in [4.69, 9.17) is 4.74 Å². The van der Waals surface area contributed by atoms with Gasteiger partial charge in [0, 0.05) is 23.0 Å². The average Bonchev–Trinajstić information content (AvgIpc) is 3.33. The molecule has 2 aliphatic rings. The van der Waals surface area contributed by atoms with Gasteiger partial charge in [-0.05, 0) is 55.3 Å². The van der Waals surface area contributed by atoms with Crippen LogP contribution < -0.4 is 9.64 Å². The largest absolute Gasteiger partial charge is 0.494 e. The highest BCUT2D eigenvalue weighted by molar-refractivity contribution is 6.22. The van der Waals surface area contributed by atoms with E-state index in [-0.39, 0.29) is 18.0 Å². The Bertz CT molecular complexity index is 1420. The molecule has 3 amide bonds. The summed E-state index contributed by atoms with van der Waals surface area (Å²) in [4.78, 5) is 34.2. The molecule has 3 heterocycles. The van der Waals surface area contributed by atoms with Crippen LogP contribution in [0.15, 0.2) is 72.8 Å². The van der Waals surface area contributed by atoms with Gasteiger partial charge in [0.1, 0.15) is 17.8 Å². The number of ether oxygens (including phenoxy) is 1. The molecule has 0 aliphatic carbocycles. The molecular formula is C28H25N3O3. The van der Waals surface area contributed by atoms with Crippen LogP contribution >= 0.6 is 0 Å². The zero-order valence-corrected chi connectivity index (χ0v) is 19.1. The lowest BCUT2D eigenvalue weighted by Gasteiger charge is -2.36. The minimum atomic E-state index is -0.559. The van der Waals surface area contributed by atoms with Gasteiger partial charge in [0.2, 0.25) is 0 Å². The van der Waals surface area contributed by atoms with Gasteiger partial charge in [0.25, 0.3) is 5.91 Å². The van der Waals surface area contributed by atoms with Gasteiger partial charge in [-0.3, -0.25) is 9.69 Å². The van der Waals surface area contributed by atoms with E-state index in [0.29, 0.717) is 24.5 Å². The van der Waals surface area contributed by atoms with Crippen molar-refractivity contribution in [3.63, 3.8) is 0 Å². The lowest BCUT2D eigenvalue weighted by atomic mass is 9.88. The van der Waals surface area contributed by atoms with Gasteiger partial charge in [-0.2, -0.15) is 0 Å². The summed E-state index contributed by atoms with van der Waals surface area (Å²) in [7, 11) is 0. The second-order valence-electron chi connectivity index (χ2n) is 8.89. The van der Waals surface area contributed by atoms with Crippen LogP contribution in [0.5, 0.6) is 5.75 Å². The van der Waals surface area contributed by atoms with E-state index in [1.807, 2.05) is 50.2 Å². The summed E-state index contributed by atoms with van der Waals surface area (Å²) >= 11 is 0. The molecule has 1 N–H and O–H groups in total. The summed E-state index contributed by atoms with van der Waals surface area (Å²) in [5.74, 6) is 0.518. The Balaban J connectivity index is 1.49. The predicted molar refractivity (Wildman–Crippen MR) is 131 cm³/mol. The molecule has 0 radical (unpaired) electrons. The lowest BCUT2D eigenvalue weighted by molar-refractivity contribution is -0.120. The number of hydrogen-bond acceptors (Lipinski definition) is 3. The van der Waals surface area contributed by atoms with Crippen molar-refractivity contribution in [2.75, 3.05) is 11.5 Å². The zero-order valence-electron chi connectivity index (χ0n) is 19.1. The molecule has 0 saturated carbocycles. The van der Waals surface area contributed by atoms with Crippen molar-refractivity contribution in [1.29, 1.82) is 0 Å². The smallest absolute Gasteiger partial charge is 0.332 e. The number of benzene rings is 3. The summed E-state index contributed by atoms with van der Waals surface area (Å²) in [5.41, 5.74) is 5.78. The highest BCUT2D eigenvalue weighted by Gasteiger charge is 2.53. The molecule has 3 aromatic carbocycles. The molecule has 2 atom stereocenters. The number of H-pyrrole nitrogens is 1. The summed E-state index contributed by atoms with van der Waals surface area (Å²) in [5, 5.41) is 1.11. The Morgan fingerprint density at radius 1 is 1.00 bits per heavy atom. The molecule has 1 fully saturated rings. The molecular weight excluding hydrogens is 426 g/mol. The van der Waals surface area contributed by atoms with Crippen LogP contribution in [0.1, 0.15) is 35.3 Å². The number of aryl methyl sites for hydroxylation is 1. The molecule has 2 aliphatic heterocycles. The molecule has 1 unspecified atom stereocenters. The van der Waals surface area contributed by atoms with E-state index in [9.17, 15) is 9.59 Å². The standard InChI is InChI=1S/C28H25N3O3/c1-3-34-20-13-11-19(12-14-20)30-27(32)24-16-22-21-9-4-5-10-23(21)29-25(22)26(31(24)28(30)33)18-8-6-7-17(2)15-18/h4-15,24,26,29H,3,16H2,1-2H3/t24-,26?/m0/s1. The second-order valence-corrected chi connectivity index (χ2v) is 8.89. The number of para-hydroxylation sites is 1. The highest BCUT2D eigenvalue weighted by Crippen LogP contribution is 2.45. The van der Waals surface area contributed by atoms with Gasteiger partial charge in [-0.1, -0.05) is 48.0 Å². The normalized spacial score (nSPS) is 19.5. The maximum absolute atomic E-state index is 13.8. The van der Waals surface area contributed by atoms with Gasteiger partial charge in [0.05, 0.1) is 12.3 Å². The molecule has 6 heteroatoms. The summed E-state index contributed by atoms with van der Waals surface area (Å²) in [6, 6.07) is 22.2. The van der Waals surface area contributed by atoms with Crippen molar-refractivity contribution in [3.05, 3.63) is 95.2 Å². The topological polar surface area (TPSA) is 65.6 Å². The molecule has 1 aromatic heterocycles. The molecule has 6 rings (SSSR count). The van der Waals surface area contributed by atoms with E-state index < -0.39 is 6.04 Å². The van der Waals surface area contributed by atoms with Crippen molar-refractivity contribution in [2.24, 2.45) is 0 Å². The molecule has 0 spiro atoms. The van der Waals surface area contributed by atoms with Crippen LogP contribution in [0.3, 0.4) is 0 Å². The number of amides is 3. The number of nitrogens with zero attached hydrogens (tertiary/aromatic N) is 2. The van der Waals surface area contributed by atoms with Crippen LogP contribution in [-0.2, 0) is 11.2 Å². The Morgan fingerprint density at radius 2 is 1.79 bits per heavy atom. The quantitative estimate of drug-likeness (QED) is 0.425. The van der Waals surface area contributed by atoms with Gasteiger partial charge in [0.15, 0.2) is 0 Å². The van der Waals surface area contributed by atoms with Gasteiger partial charge < -0.3 is 9.72 Å². The predicted octanol–water partition coefficient (Wildman–Crippen LogP) is 5.36. The van der Waals surface area contributed by atoms with Crippen LogP contribution in [0.25, 0.3) is 10.9 Å². The fourth-order valence-corrected chi connectivity index (χ4v) is 5.36. The summed E-state index contributed by atoms with van der Waals surface area (Å²) in [6.45, 7) is 4.52. The number of fused-ring (bicyclic) bond motifs is 4. The minimum absolute atomic E-state index is 0.192. The van der Waals surface area contributed by atoms with E-state index in [1.165, 1.54) is 4.90 Å². The number of urea groups is 1. The maximum atomic E-state index is 13.8. The Hall–Kier alpha value is -4.06. The fraction of sp³-hybridized carbons (Fsp3) is 0.214. The number of nitrogens with one attached hydrogen (secondary N) is 1. The van der Waals surface area contributed by atoms with E-state index in [0.717, 1.165) is 33.3 Å². The van der Waals surface area contributed by atoms with E-state index in [2.05, 4.69) is 17.1 Å². The van der Waals surface area contributed by atoms with Crippen LogP contribution in [0.4, 0.5) is 10.5 Å². The SMILES string of the molecule is CCOc1ccc(N2C(=O)[C@@H]3Cc4c([nH]c5ccccc45)C(c4cccc(C)c4)N3C2=O)cc1. The van der Waals surface area contributed by atoms with Crippen molar-refractivity contribution >= 4 is 28.5 Å². The number of aromatic amines is 1. The van der Waals surface area contributed by atoms with Crippen LogP contribution in [-0.4, -0.2) is 34.5 Å². The third-order valence-electron chi connectivity index (χ3n) is 6.81. The van der Waals surface area contributed by atoms with Gasteiger partial charge in [-0.15, -0.1) is 0 Å². The highest BCUT2D eigenvalue weighted by atomic mass is 16.5. The first kappa shape index (κ1) is 20.5. The first-order chi connectivity index (χ1) is 16.6. The number of hydrogen-bond donors (Lipinski definition) is 1.